The molecule has 0 unspecified atom stereocenters. The molecule has 1 amide bonds. The zero-order valence-corrected chi connectivity index (χ0v) is 10.9. The monoisotopic (exact) mass is 272 g/mol. The second-order valence-electron chi connectivity index (χ2n) is 4.18. The quantitative estimate of drug-likeness (QED) is 0.694. The van der Waals surface area contributed by atoms with E-state index in [0.717, 1.165) is 17.0 Å². The second-order valence-corrected chi connectivity index (χ2v) is 4.18. The van der Waals surface area contributed by atoms with E-state index in [2.05, 4.69) is 20.8 Å². The van der Waals surface area contributed by atoms with Gasteiger partial charge in [-0.3, -0.25) is 0 Å². The Morgan fingerprint density at radius 3 is 2.50 bits per heavy atom. The number of carbonyl (C=O) groups is 1. The first-order valence-corrected chi connectivity index (χ1v) is 6.31. The van der Waals surface area contributed by atoms with Crippen LogP contribution in [-0.4, -0.2) is 34.5 Å². The van der Waals surface area contributed by atoms with E-state index in [1.807, 2.05) is 42.5 Å². The highest BCUT2D eigenvalue weighted by molar-refractivity contribution is 5.64. The van der Waals surface area contributed by atoms with Gasteiger partial charge >= 0.3 is 6.09 Å². The highest BCUT2D eigenvalue weighted by Gasteiger charge is 2.00. The molecule has 0 saturated carbocycles. The van der Waals surface area contributed by atoms with Crippen LogP contribution in [0.15, 0.2) is 42.5 Å². The van der Waals surface area contributed by atoms with E-state index in [1.54, 1.807) is 0 Å². The van der Waals surface area contributed by atoms with Gasteiger partial charge in [-0.2, -0.15) is 10.2 Å². The molecule has 1 heterocycles. The summed E-state index contributed by atoms with van der Waals surface area (Å²) < 4.78 is 0. The van der Waals surface area contributed by atoms with Crippen LogP contribution in [0.1, 0.15) is 5.69 Å². The number of hydrogen-bond donors (Lipinski definition) is 3. The molecule has 1 aromatic heterocycles. The minimum Gasteiger partial charge on any atom is -0.465 e. The van der Waals surface area contributed by atoms with Crippen LogP contribution >= 0.6 is 0 Å². The smallest absolute Gasteiger partial charge is 0.404 e. The van der Waals surface area contributed by atoms with E-state index in [9.17, 15) is 4.79 Å². The normalized spacial score (nSPS) is 10.2. The Kier molecular flexibility index (Phi) is 5.02. The zero-order valence-electron chi connectivity index (χ0n) is 10.9. The van der Waals surface area contributed by atoms with Crippen LogP contribution in [0.5, 0.6) is 0 Å². The van der Waals surface area contributed by atoms with E-state index in [-0.39, 0.29) is 0 Å². The number of amides is 1. The van der Waals surface area contributed by atoms with E-state index in [4.69, 9.17) is 5.11 Å². The first-order valence-electron chi connectivity index (χ1n) is 6.31. The van der Waals surface area contributed by atoms with Crippen molar-refractivity contribution in [3.8, 4) is 11.3 Å². The minimum atomic E-state index is -1.01. The number of aromatic nitrogens is 2. The molecule has 0 radical (unpaired) electrons. The Morgan fingerprint density at radius 2 is 1.85 bits per heavy atom. The van der Waals surface area contributed by atoms with Gasteiger partial charge in [-0.15, -0.1) is 0 Å². The maximum absolute atomic E-state index is 10.2. The molecule has 20 heavy (non-hydrogen) atoms. The van der Waals surface area contributed by atoms with Crippen molar-refractivity contribution in [1.29, 1.82) is 0 Å². The summed E-state index contributed by atoms with van der Waals surface area (Å²) in [5.74, 6) is 0. The molecule has 3 N–H and O–H groups in total. The molecule has 2 aromatic rings. The highest BCUT2D eigenvalue weighted by atomic mass is 16.4. The Bertz CT molecular complexity index is 543. The largest absolute Gasteiger partial charge is 0.465 e. The predicted octanol–water partition coefficient (Wildman–Crippen LogP) is 1.50. The molecular weight excluding hydrogens is 256 g/mol. The lowest BCUT2D eigenvalue weighted by molar-refractivity contribution is 0.194. The molecule has 0 spiro atoms. The SMILES string of the molecule is O=C(O)NCCNCc1ccc(-c2ccccc2)nn1. The van der Waals surface area contributed by atoms with E-state index in [1.165, 1.54) is 0 Å². The van der Waals surface area contributed by atoms with Gasteiger partial charge in [0.1, 0.15) is 0 Å². The van der Waals surface area contributed by atoms with Crippen molar-refractivity contribution < 1.29 is 9.90 Å². The van der Waals surface area contributed by atoms with Crippen molar-refractivity contribution in [2.75, 3.05) is 13.1 Å². The molecule has 0 saturated heterocycles. The topological polar surface area (TPSA) is 87.1 Å². The lowest BCUT2D eigenvalue weighted by Gasteiger charge is -2.05. The van der Waals surface area contributed by atoms with Crippen LogP contribution in [0.4, 0.5) is 4.79 Å². The average Bonchev–Trinajstić information content (AvgIpc) is 2.48. The lowest BCUT2D eigenvalue weighted by atomic mass is 10.1. The molecule has 6 nitrogen and oxygen atoms in total. The maximum Gasteiger partial charge on any atom is 0.404 e. The van der Waals surface area contributed by atoms with Crippen molar-refractivity contribution in [3.63, 3.8) is 0 Å². The molecule has 0 bridgehead atoms. The van der Waals surface area contributed by atoms with Gasteiger partial charge in [0.15, 0.2) is 0 Å². The van der Waals surface area contributed by atoms with Crippen LogP contribution < -0.4 is 10.6 Å². The summed E-state index contributed by atoms with van der Waals surface area (Å²) in [6, 6.07) is 13.7. The average molecular weight is 272 g/mol. The fourth-order valence-corrected chi connectivity index (χ4v) is 1.69. The van der Waals surface area contributed by atoms with E-state index >= 15 is 0 Å². The maximum atomic E-state index is 10.2. The molecule has 0 aliphatic rings. The molecule has 0 atom stereocenters. The third-order valence-electron chi connectivity index (χ3n) is 2.67. The Morgan fingerprint density at radius 1 is 1.05 bits per heavy atom. The molecule has 2 rings (SSSR count). The van der Waals surface area contributed by atoms with E-state index < -0.39 is 6.09 Å². The van der Waals surface area contributed by atoms with Crippen LogP contribution in [0.25, 0.3) is 11.3 Å². The number of rotatable bonds is 6. The Balaban J connectivity index is 1.82. The van der Waals surface area contributed by atoms with Crippen LogP contribution in [-0.2, 0) is 6.54 Å². The Labute approximate surface area is 116 Å². The molecule has 104 valence electrons. The van der Waals surface area contributed by atoms with E-state index in [0.29, 0.717) is 19.6 Å². The fourth-order valence-electron chi connectivity index (χ4n) is 1.69. The number of nitrogens with one attached hydrogen (secondary N) is 2. The summed E-state index contributed by atoms with van der Waals surface area (Å²) in [7, 11) is 0. The van der Waals surface area contributed by atoms with Gasteiger partial charge in [0, 0.05) is 25.2 Å². The second kappa shape index (κ2) is 7.20. The number of carboxylic acid groups (broad SMARTS) is 1. The van der Waals surface area contributed by atoms with Gasteiger partial charge < -0.3 is 15.7 Å². The lowest BCUT2D eigenvalue weighted by Crippen LogP contribution is -2.30. The molecule has 0 fully saturated rings. The standard InChI is InChI=1S/C14H16N4O2/c19-14(20)16-9-8-15-10-12-6-7-13(18-17-12)11-4-2-1-3-5-11/h1-7,15-16H,8-10H2,(H,19,20). The fraction of sp³-hybridized carbons (Fsp3) is 0.214. The van der Waals surface area contributed by atoms with Gasteiger partial charge in [0.25, 0.3) is 0 Å². The highest BCUT2D eigenvalue weighted by Crippen LogP contribution is 2.14. The summed E-state index contributed by atoms with van der Waals surface area (Å²) in [5.41, 5.74) is 2.69. The number of hydrogen-bond acceptors (Lipinski definition) is 4. The van der Waals surface area contributed by atoms with Gasteiger partial charge in [-0.05, 0) is 12.1 Å². The van der Waals surface area contributed by atoms with Crippen LogP contribution in [0.3, 0.4) is 0 Å². The van der Waals surface area contributed by atoms with Crippen LogP contribution in [0.2, 0.25) is 0 Å². The van der Waals surface area contributed by atoms with Crippen molar-refractivity contribution in [1.82, 2.24) is 20.8 Å². The first kappa shape index (κ1) is 14.0. The van der Waals surface area contributed by atoms with Gasteiger partial charge in [0.2, 0.25) is 0 Å². The summed E-state index contributed by atoms with van der Waals surface area (Å²) in [6.45, 7) is 1.47. The summed E-state index contributed by atoms with van der Waals surface area (Å²) in [6.07, 6.45) is -1.01. The molecule has 1 aromatic carbocycles. The Hall–Kier alpha value is -2.47. The molecule has 6 heteroatoms. The summed E-state index contributed by atoms with van der Waals surface area (Å²) in [5, 5.41) is 22.1. The number of benzene rings is 1. The van der Waals surface area contributed by atoms with Crippen LogP contribution in [0, 0.1) is 0 Å². The minimum absolute atomic E-state index is 0.366. The molecule has 0 aliphatic heterocycles. The van der Waals surface area contributed by atoms with Gasteiger partial charge in [-0.1, -0.05) is 30.3 Å². The summed E-state index contributed by atoms with van der Waals surface area (Å²) in [4.78, 5) is 10.2. The third-order valence-corrected chi connectivity index (χ3v) is 2.67. The zero-order chi connectivity index (χ0) is 14.2. The first-order chi connectivity index (χ1) is 9.75. The van der Waals surface area contributed by atoms with Crippen molar-refractivity contribution in [2.45, 2.75) is 6.54 Å². The van der Waals surface area contributed by atoms with Gasteiger partial charge in [-0.25, -0.2) is 4.79 Å². The summed E-state index contributed by atoms with van der Waals surface area (Å²) >= 11 is 0. The van der Waals surface area contributed by atoms with Gasteiger partial charge in [0.05, 0.1) is 11.4 Å². The third kappa shape index (κ3) is 4.33. The molecule has 0 aliphatic carbocycles. The van der Waals surface area contributed by atoms with Crippen molar-refractivity contribution in [3.05, 3.63) is 48.2 Å². The number of nitrogens with zero attached hydrogens (tertiary/aromatic N) is 2. The van der Waals surface area contributed by atoms with Crippen molar-refractivity contribution in [2.24, 2.45) is 0 Å². The predicted molar refractivity (Wildman–Crippen MR) is 75.2 cm³/mol. The molecular formula is C14H16N4O2. The van der Waals surface area contributed by atoms with Crippen molar-refractivity contribution >= 4 is 6.09 Å².